The largest absolute Gasteiger partial charge is 0.416 e. The van der Waals surface area contributed by atoms with Crippen LogP contribution in [0, 0.1) is 13.8 Å². The first kappa shape index (κ1) is 20.2. The lowest BCUT2D eigenvalue weighted by atomic mass is 10.1. The fraction of sp³-hybridized carbons (Fsp3) is 0.381. The van der Waals surface area contributed by atoms with E-state index in [1.165, 1.54) is 6.07 Å². The highest BCUT2D eigenvalue weighted by Crippen LogP contribution is 2.37. The molecule has 3 aromatic rings. The van der Waals surface area contributed by atoms with Crippen LogP contribution >= 0.6 is 0 Å². The number of hydrogen-bond donors (Lipinski definition) is 1. The van der Waals surface area contributed by atoms with Crippen LogP contribution in [0.1, 0.15) is 40.2 Å². The molecule has 1 aliphatic heterocycles. The van der Waals surface area contributed by atoms with Gasteiger partial charge in [0.2, 0.25) is 0 Å². The van der Waals surface area contributed by atoms with Crippen molar-refractivity contribution < 1.29 is 18.0 Å². The van der Waals surface area contributed by atoms with Gasteiger partial charge in [-0.25, -0.2) is 4.98 Å². The molecule has 0 unspecified atom stereocenters. The molecule has 6 nitrogen and oxygen atoms in total. The molecule has 0 radical (unpaired) electrons. The van der Waals surface area contributed by atoms with E-state index < -0.39 is 17.6 Å². The summed E-state index contributed by atoms with van der Waals surface area (Å²) >= 11 is 0. The van der Waals surface area contributed by atoms with Gasteiger partial charge in [0.05, 0.1) is 33.6 Å². The van der Waals surface area contributed by atoms with Crippen molar-refractivity contribution in [1.29, 1.82) is 0 Å². The highest BCUT2D eigenvalue weighted by molar-refractivity contribution is 6.13. The average Bonchev–Trinajstić information content (AvgIpc) is 3.29. The second-order valence-electron chi connectivity index (χ2n) is 7.60. The van der Waals surface area contributed by atoms with Crippen molar-refractivity contribution in [1.82, 2.24) is 14.8 Å². The molecule has 1 amide bonds. The Labute approximate surface area is 171 Å². The van der Waals surface area contributed by atoms with Gasteiger partial charge in [0.25, 0.3) is 5.91 Å². The van der Waals surface area contributed by atoms with E-state index in [9.17, 15) is 18.0 Å². The summed E-state index contributed by atoms with van der Waals surface area (Å²) < 4.78 is 41.5. The summed E-state index contributed by atoms with van der Waals surface area (Å²) in [5, 5.41) is 7.65. The third-order valence-electron chi connectivity index (χ3n) is 5.36. The zero-order valence-corrected chi connectivity index (χ0v) is 17.0. The highest BCUT2D eigenvalue weighted by atomic mass is 19.4. The molecule has 1 fully saturated rings. The molecule has 4 rings (SSSR count). The van der Waals surface area contributed by atoms with Gasteiger partial charge >= 0.3 is 6.18 Å². The minimum atomic E-state index is -4.50. The molecule has 30 heavy (non-hydrogen) atoms. The third kappa shape index (κ3) is 3.59. The van der Waals surface area contributed by atoms with Crippen LogP contribution in [0.5, 0.6) is 0 Å². The Morgan fingerprint density at radius 2 is 1.83 bits per heavy atom. The highest BCUT2D eigenvalue weighted by Gasteiger charge is 2.32. The number of nitrogens with one attached hydrogen (secondary N) is 1. The van der Waals surface area contributed by atoms with Crippen LogP contribution in [0.2, 0.25) is 0 Å². The number of alkyl halides is 3. The number of aryl methyl sites for hydroxylation is 3. The van der Waals surface area contributed by atoms with Crippen LogP contribution in [-0.4, -0.2) is 33.8 Å². The molecule has 1 aliphatic rings. The number of fused-ring (bicyclic) bond motifs is 1. The Morgan fingerprint density at radius 3 is 2.50 bits per heavy atom. The van der Waals surface area contributed by atoms with Crippen molar-refractivity contribution in [2.45, 2.75) is 32.9 Å². The number of rotatable bonds is 3. The van der Waals surface area contributed by atoms with Crippen molar-refractivity contribution in [2.75, 3.05) is 23.3 Å². The second-order valence-corrected chi connectivity index (χ2v) is 7.60. The van der Waals surface area contributed by atoms with E-state index in [0.29, 0.717) is 33.7 Å². The SMILES string of the molecule is Cc1cc(C(=O)Nc2cc(C(F)(F)F)ccc2N2CCCC2)c2c(C)nn(C)c2n1. The van der Waals surface area contributed by atoms with Gasteiger partial charge in [-0.2, -0.15) is 18.3 Å². The van der Waals surface area contributed by atoms with Gasteiger partial charge in [-0.15, -0.1) is 0 Å². The number of carbonyl (C=O) groups is 1. The number of pyridine rings is 1. The lowest BCUT2D eigenvalue weighted by molar-refractivity contribution is -0.137. The van der Waals surface area contributed by atoms with Crippen LogP contribution in [0.4, 0.5) is 24.5 Å². The van der Waals surface area contributed by atoms with Gasteiger partial charge in [-0.3, -0.25) is 9.48 Å². The van der Waals surface area contributed by atoms with Crippen LogP contribution in [0.15, 0.2) is 24.3 Å². The number of halogens is 3. The lowest BCUT2D eigenvalue weighted by Gasteiger charge is -2.23. The summed E-state index contributed by atoms with van der Waals surface area (Å²) in [4.78, 5) is 19.6. The molecule has 0 spiro atoms. The molecule has 158 valence electrons. The van der Waals surface area contributed by atoms with Gasteiger partial charge < -0.3 is 10.2 Å². The van der Waals surface area contributed by atoms with Gasteiger partial charge in [0.15, 0.2) is 5.65 Å². The van der Waals surface area contributed by atoms with E-state index in [2.05, 4.69) is 15.4 Å². The molecule has 2 aromatic heterocycles. The average molecular weight is 417 g/mol. The molecule has 0 aliphatic carbocycles. The number of carbonyl (C=O) groups excluding carboxylic acids is 1. The molecule has 0 saturated carbocycles. The van der Waals surface area contributed by atoms with E-state index in [1.54, 1.807) is 31.6 Å². The van der Waals surface area contributed by atoms with Gasteiger partial charge in [-0.1, -0.05) is 0 Å². The normalized spacial score (nSPS) is 14.5. The Morgan fingerprint density at radius 1 is 1.13 bits per heavy atom. The summed E-state index contributed by atoms with van der Waals surface area (Å²) in [7, 11) is 1.74. The molecule has 9 heteroatoms. The smallest absolute Gasteiger partial charge is 0.370 e. The zero-order chi connectivity index (χ0) is 21.6. The lowest BCUT2D eigenvalue weighted by Crippen LogP contribution is -2.22. The molecular formula is C21H22F3N5O. The maximum Gasteiger partial charge on any atom is 0.416 e. The molecule has 1 saturated heterocycles. The molecular weight excluding hydrogens is 395 g/mol. The number of aromatic nitrogens is 3. The van der Waals surface area contributed by atoms with Crippen molar-refractivity contribution >= 4 is 28.3 Å². The number of nitrogens with zero attached hydrogens (tertiary/aromatic N) is 4. The summed E-state index contributed by atoms with van der Waals surface area (Å²) in [6.45, 7) is 5.03. The molecule has 1 aromatic carbocycles. The number of benzene rings is 1. The Bertz CT molecular complexity index is 1130. The maximum absolute atomic E-state index is 13.3. The number of anilines is 2. The van der Waals surface area contributed by atoms with Crippen molar-refractivity contribution in [2.24, 2.45) is 7.05 Å². The number of hydrogen-bond acceptors (Lipinski definition) is 4. The zero-order valence-electron chi connectivity index (χ0n) is 17.0. The number of amides is 1. The Balaban J connectivity index is 1.78. The maximum atomic E-state index is 13.3. The van der Waals surface area contributed by atoms with Crippen LogP contribution in [0.3, 0.4) is 0 Å². The van der Waals surface area contributed by atoms with Crippen LogP contribution in [0.25, 0.3) is 11.0 Å². The molecule has 3 heterocycles. The summed E-state index contributed by atoms with van der Waals surface area (Å²) in [5.41, 5.74) is 2.11. The van der Waals surface area contributed by atoms with E-state index in [1.807, 2.05) is 4.90 Å². The topological polar surface area (TPSA) is 63.1 Å². The second kappa shape index (κ2) is 7.30. The van der Waals surface area contributed by atoms with Gasteiger partial charge in [-0.05, 0) is 51.0 Å². The fourth-order valence-electron chi connectivity index (χ4n) is 3.98. The monoisotopic (exact) mass is 417 g/mol. The van der Waals surface area contributed by atoms with Crippen molar-refractivity contribution in [3.63, 3.8) is 0 Å². The van der Waals surface area contributed by atoms with Crippen LogP contribution in [-0.2, 0) is 13.2 Å². The molecule has 1 N–H and O–H groups in total. The van der Waals surface area contributed by atoms with Gasteiger partial charge in [0, 0.05) is 25.8 Å². The standard InChI is InChI=1S/C21H22F3N5O/c1-12-10-15(18-13(2)27-28(3)19(18)25-12)20(30)26-16-11-14(21(22,23)24)6-7-17(16)29-8-4-5-9-29/h6-7,10-11H,4-5,8-9H2,1-3H3,(H,26,30). The first-order valence-corrected chi connectivity index (χ1v) is 9.73. The minimum Gasteiger partial charge on any atom is -0.370 e. The predicted octanol–water partition coefficient (Wildman–Crippen LogP) is 4.46. The Hall–Kier alpha value is -3.10. The van der Waals surface area contributed by atoms with E-state index in [4.69, 9.17) is 0 Å². The molecule has 0 bridgehead atoms. The van der Waals surface area contributed by atoms with E-state index in [-0.39, 0.29) is 5.69 Å². The third-order valence-corrected chi connectivity index (χ3v) is 5.36. The van der Waals surface area contributed by atoms with Crippen molar-refractivity contribution in [3.05, 3.63) is 46.8 Å². The molecule has 0 atom stereocenters. The first-order valence-electron chi connectivity index (χ1n) is 9.73. The summed E-state index contributed by atoms with van der Waals surface area (Å²) in [6, 6.07) is 5.14. The quantitative estimate of drug-likeness (QED) is 0.684. The Kier molecular flexibility index (Phi) is 4.91. The van der Waals surface area contributed by atoms with E-state index >= 15 is 0 Å². The summed E-state index contributed by atoms with van der Waals surface area (Å²) in [6.07, 6.45) is -2.57. The van der Waals surface area contributed by atoms with Gasteiger partial charge in [0.1, 0.15) is 0 Å². The van der Waals surface area contributed by atoms with E-state index in [0.717, 1.165) is 38.1 Å². The fourth-order valence-corrected chi connectivity index (χ4v) is 3.98. The predicted molar refractivity (Wildman–Crippen MR) is 109 cm³/mol. The minimum absolute atomic E-state index is 0.154. The van der Waals surface area contributed by atoms with Crippen LogP contribution < -0.4 is 10.2 Å². The van der Waals surface area contributed by atoms with Crippen molar-refractivity contribution in [3.8, 4) is 0 Å². The summed E-state index contributed by atoms with van der Waals surface area (Å²) in [5.74, 6) is -0.485. The first-order chi connectivity index (χ1) is 14.1.